The van der Waals surface area contributed by atoms with Gasteiger partial charge in [0.25, 0.3) is 5.91 Å². The molecular formula is C32H41N3O5S. The lowest BCUT2D eigenvalue weighted by Crippen LogP contribution is -2.52. The molecule has 0 aliphatic heterocycles. The number of anilines is 1. The highest BCUT2D eigenvalue weighted by molar-refractivity contribution is 7.98. The number of phenols is 1. The van der Waals surface area contributed by atoms with E-state index in [9.17, 15) is 19.5 Å². The third-order valence-corrected chi connectivity index (χ3v) is 7.09. The van der Waals surface area contributed by atoms with Gasteiger partial charge in [-0.15, -0.1) is 0 Å². The summed E-state index contributed by atoms with van der Waals surface area (Å²) >= 11 is 1.55. The first-order valence-corrected chi connectivity index (χ1v) is 15.3. The van der Waals surface area contributed by atoms with E-state index in [2.05, 4.69) is 10.6 Å². The van der Waals surface area contributed by atoms with Crippen molar-refractivity contribution in [3.8, 4) is 5.75 Å². The summed E-state index contributed by atoms with van der Waals surface area (Å²) in [5.41, 5.74) is 0.135. The Labute approximate surface area is 246 Å². The minimum absolute atomic E-state index is 0.0961. The van der Waals surface area contributed by atoms with E-state index in [0.29, 0.717) is 29.8 Å². The molecule has 0 fully saturated rings. The number of fused-ring (bicyclic) bond motifs is 1. The average Bonchev–Trinajstić information content (AvgIpc) is 2.92. The molecule has 3 rings (SSSR count). The minimum Gasteiger partial charge on any atom is -0.508 e. The van der Waals surface area contributed by atoms with Gasteiger partial charge >= 0.3 is 6.09 Å². The molecule has 0 spiro atoms. The van der Waals surface area contributed by atoms with Crippen molar-refractivity contribution in [1.82, 2.24) is 10.2 Å². The third kappa shape index (κ3) is 9.14. The predicted octanol–water partition coefficient (Wildman–Crippen LogP) is 6.50. The van der Waals surface area contributed by atoms with Crippen molar-refractivity contribution in [2.45, 2.75) is 64.6 Å². The number of unbranched alkanes of at least 4 members (excludes halogenated alkanes) is 1. The van der Waals surface area contributed by atoms with Crippen LogP contribution in [0.2, 0.25) is 0 Å². The lowest BCUT2D eigenvalue weighted by atomic mass is 10.0. The Morgan fingerprint density at radius 1 is 1.00 bits per heavy atom. The van der Waals surface area contributed by atoms with Crippen LogP contribution < -0.4 is 10.6 Å². The number of hydrogen-bond donors (Lipinski definition) is 3. The Kier molecular flexibility index (Phi) is 11.5. The number of thioether (sulfide) groups is 1. The Morgan fingerprint density at radius 2 is 1.68 bits per heavy atom. The van der Waals surface area contributed by atoms with Crippen LogP contribution in [0.4, 0.5) is 10.5 Å². The van der Waals surface area contributed by atoms with Gasteiger partial charge in [-0.1, -0.05) is 61.9 Å². The largest absolute Gasteiger partial charge is 0.508 e. The molecule has 3 amide bonds. The van der Waals surface area contributed by atoms with Crippen LogP contribution in [-0.2, 0) is 14.3 Å². The number of para-hydroxylation sites is 1. The zero-order valence-electron chi connectivity index (χ0n) is 24.5. The first-order chi connectivity index (χ1) is 19.5. The van der Waals surface area contributed by atoms with Crippen LogP contribution in [-0.4, -0.2) is 58.1 Å². The zero-order chi connectivity index (χ0) is 30.0. The van der Waals surface area contributed by atoms with Gasteiger partial charge in [0.2, 0.25) is 5.91 Å². The van der Waals surface area contributed by atoms with Crippen molar-refractivity contribution in [3.05, 3.63) is 72.3 Å². The summed E-state index contributed by atoms with van der Waals surface area (Å²) in [5.74, 6) is -0.369. The lowest BCUT2D eigenvalue weighted by molar-refractivity contribution is -0.141. The average molecular weight is 580 g/mol. The maximum atomic E-state index is 14.2. The SMILES string of the molecule is CCCCN(C(=O)C(CCSC)NC(=O)OC(C)(C)C)C(C(=O)Nc1ccc2ccccc2c1)c1ccccc1O. The molecule has 8 nitrogen and oxygen atoms in total. The molecule has 9 heteroatoms. The molecule has 3 N–H and O–H groups in total. The van der Waals surface area contributed by atoms with E-state index in [0.717, 1.165) is 17.2 Å². The Hall–Kier alpha value is -3.72. The minimum atomic E-state index is -1.14. The predicted molar refractivity (Wildman–Crippen MR) is 166 cm³/mol. The normalized spacial score (nSPS) is 12.8. The number of nitrogens with one attached hydrogen (secondary N) is 2. The van der Waals surface area contributed by atoms with Crippen LogP contribution in [0.15, 0.2) is 66.7 Å². The molecular weight excluding hydrogens is 538 g/mol. The van der Waals surface area contributed by atoms with Gasteiger partial charge in [-0.25, -0.2) is 4.79 Å². The fraction of sp³-hybridized carbons (Fsp3) is 0.406. The van der Waals surface area contributed by atoms with E-state index in [-0.39, 0.29) is 12.3 Å². The quantitative estimate of drug-likeness (QED) is 0.226. The molecule has 220 valence electrons. The van der Waals surface area contributed by atoms with E-state index >= 15 is 0 Å². The Balaban J connectivity index is 2.01. The van der Waals surface area contributed by atoms with Crippen LogP contribution in [0, 0.1) is 0 Å². The fourth-order valence-electron chi connectivity index (χ4n) is 4.49. The molecule has 2 atom stereocenters. The highest BCUT2D eigenvalue weighted by atomic mass is 32.2. The molecule has 2 unspecified atom stereocenters. The van der Waals surface area contributed by atoms with Gasteiger partial charge in [0, 0.05) is 17.8 Å². The van der Waals surface area contributed by atoms with E-state index in [1.54, 1.807) is 50.7 Å². The molecule has 0 bridgehead atoms. The summed E-state index contributed by atoms with van der Waals surface area (Å²) in [6.07, 6.45) is 2.97. The smallest absolute Gasteiger partial charge is 0.408 e. The second kappa shape index (κ2) is 14.8. The maximum Gasteiger partial charge on any atom is 0.408 e. The number of ether oxygens (including phenoxy) is 1. The summed E-state index contributed by atoms with van der Waals surface area (Å²) in [6.45, 7) is 7.51. The number of benzene rings is 3. The summed E-state index contributed by atoms with van der Waals surface area (Å²) in [4.78, 5) is 42.4. The molecule has 0 aromatic heterocycles. The summed E-state index contributed by atoms with van der Waals surface area (Å²) in [7, 11) is 0. The summed E-state index contributed by atoms with van der Waals surface area (Å²) < 4.78 is 5.44. The van der Waals surface area contributed by atoms with Crippen LogP contribution in [0.5, 0.6) is 5.75 Å². The van der Waals surface area contributed by atoms with Gasteiger partial charge in [-0.05, 0) is 74.6 Å². The number of hydrogen-bond acceptors (Lipinski definition) is 6. The second-order valence-electron chi connectivity index (χ2n) is 10.9. The van der Waals surface area contributed by atoms with Gasteiger partial charge in [-0.2, -0.15) is 11.8 Å². The van der Waals surface area contributed by atoms with Gasteiger partial charge in [0.15, 0.2) is 0 Å². The Morgan fingerprint density at radius 3 is 2.34 bits per heavy atom. The van der Waals surface area contributed by atoms with E-state index < -0.39 is 35.6 Å². The molecule has 0 saturated carbocycles. The number of nitrogens with zero attached hydrogens (tertiary/aromatic N) is 1. The molecule has 0 heterocycles. The molecule has 0 aliphatic rings. The van der Waals surface area contributed by atoms with Crippen LogP contribution >= 0.6 is 11.8 Å². The Bertz CT molecular complexity index is 1340. The monoisotopic (exact) mass is 579 g/mol. The van der Waals surface area contributed by atoms with E-state index in [1.165, 1.54) is 11.0 Å². The topological polar surface area (TPSA) is 108 Å². The lowest BCUT2D eigenvalue weighted by Gasteiger charge is -2.34. The maximum absolute atomic E-state index is 14.2. The number of alkyl carbamates (subject to hydrolysis) is 1. The van der Waals surface area contributed by atoms with Gasteiger partial charge in [0.1, 0.15) is 23.4 Å². The number of phenolic OH excluding ortho intramolecular Hbond substituents is 1. The standard InChI is InChI=1S/C32H41N3O5S/c1-6-7-19-35(30(38)26(18-20-41-5)34-31(39)40-32(2,3)4)28(25-14-10-11-15-27(25)36)29(37)33-24-17-16-22-12-8-9-13-23(22)21-24/h8-17,21,26,28,36H,6-7,18-20H2,1-5H3,(H,33,37)(H,34,39). The van der Waals surface area contributed by atoms with Gasteiger partial charge in [0.05, 0.1) is 0 Å². The number of aromatic hydroxyl groups is 1. The first-order valence-electron chi connectivity index (χ1n) is 13.9. The molecule has 3 aromatic carbocycles. The van der Waals surface area contributed by atoms with Crippen LogP contribution in [0.1, 0.15) is 58.6 Å². The highest BCUT2D eigenvalue weighted by Crippen LogP contribution is 2.32. The number of amides is 3. The van der Waals surface area contributed by atoms with Crippen molar-refractivity contribution in [3.63, 3.8) is 0 Å². The molecule has 3 aromatic rings. The molecule has 0 radical (unpaired) electrons. The van der Waals surface area contributed by atoms with Crippen LogP contribution in [0.3, 0.4) is 0 Å². The van der Waals surface area contributed by atoms with Crippen LogP contribution in [0.25, 0.3) is 10.8 Å². The number of rotatable bonds is 12. The number of carbonyl (C=O) groups excluding carboxylic acids is 3. The zero-order valence-corrected chi connectivity index (χ0v) is 25.3. The second-order valence-corrected chi connectivity index (χ2v) is 11.9. The van der Waals surface area contributed by atoms with Crippen molar-refractivity contribution >= 4 is 46.1 Å². The highest BCUT2D eigenvalue weighted by Gasteiger charge is 2.37. The summed E-state index contributed by atoms with van der Waals surface area (Å²) in [6, 6.07) is 17.9. The van der Waals surface area contributed by atoms with Crippen molar-refractivity contribution < 1.29 is 24.2 Å². The fourth-order valence-corrected chi connectivity index (χ4v) is 4.96. The number of carbonyl (C=O) groups is 3. The van der Waals surface area contributed by atoms with Gasteiger partial charge in [-0.3, -0.25) is 9.59 Å². The third-order valence-electron chi connectivity index (χ3n) is 6.44. The first kappa shape index (κ1) is 31.8. The van der Waals surface area contributed by atoms with E-state index in [4.69, 9.17) is 4.74 Å². The van der Waals surface area contributed by atoms with Gasteiger partial charge < -0.3 is 25.4 Å². The van der Waals surface area contributed by atoms with Crippen molar-refractivity contribution in [2.75, 3.05) is 23.9 Å². The summed E-state index contributed by atoms with van der Waals surface area (Å²) in [5, 5.41) is 18.5. The van der Waals surface area contributed by atoms with Crippen molar-refractivity contribution in [1.29, 1.82) is 0 Å². The molecule has 41 heavy (non-hydrogen) atoms. The molecule has 0 saturated heterocycles. The molecule has 0 aliphatic carbocycles. The van der Waals surface area contributed by atoms with Crippen molar-refractivity contribution in [2.24, 2.45) is 0 Å². The van der Waals surface area contributed by atoms with E-state index in [1.807, 2.05) is 55.6 Å².